The molecule has 0 bridgehead atoms. The number of hydrogen-bond donors (Lipinski definition) is 0. The predicted octanol–water partition coefficient (Wildman–Crippen LogP) is 3.90. The maximum absolute atomic E-state index is 13.0. The molecule has 7 nitrogen and oxygen atoms in total. The van der Waals surface area contributed by atoms with Crippen LogP contribution in [0.3, 0.4) is 0 Å². The van der Waals surface area contributed by atoms with Crippen LogP contribution in [0.25, 0.3) is 0 Å². The smallest absolute Gasteiger partial charge is 0.339 e. The summed E-state index contributed by atoms with van der Waals surface area (Å²) in [6.45, 7) is 5.91. The SMILES string of the molecule is Cc1ccc(N2C(=O)C(=O)N(CC(=O)c3cc(C)n(CCc4cccs4)c3C)C2=O)cc1. The number of imide groups is 2. The number of aromatic nitrogens is 1. The van der Waals surface area contributed by atoms with Crippen LogP contribution in [-0.2, 0) is 22.6 Å². The maximum atomic E-state index is 13.0. The van der Waals surface area contributed by atoms with Crippen molar-refractivity contribution < 1.29 is 19.2 Å². The van der Waals surface area contributed by atoms with Gasteiger partial charge in [-0.1, -0.05) is 23.8 Å². The van der Waals surface area contributed by atoms with Gasteiger partial charge < -0.3 is 4.57 Å². The average molecular weight is 450 g/mol. The fourth-order valence-electron chi connectivity index (χ4n) is 3.90. The van der Waals surface area contributed by atoms with Crippen LogP contribution >= 0.6 is 11.3 Å². The largest absolute Gasteiger partial charge is 0.348 e. The normalized spacial score (nSPS) is 14.0. The molecule has 1 aliphatic heterocycles. The molecular formula is C24H23N3O4S. The van der Waals surface area contributed by atoms with Gasteiger partial charge in [0.1, 0.15) is 0 Å². The lowest BCUT2D eigenvalue weighted by molar-refractivity contribution is -0.139. The number of carbonyl (C=O) groups excluding carboxylic acids is 4. The van der Waals surface area contributed by atoms with Gasteiger partial charge in [-0.05, 0) is 56.8 Å². The highest BCUT2D eigenvalue weighted by Crippen LogP contribution is 2.24. The van der Waals surface area contributed by atoms with Crippen molar-refractivity contribution in [1.82, 2.24) is 9.47 Å². The van der Waals surface area contributed by atoms with Crippen LogP contribution in [0.1, 0.15) is 32.2 Å². The zero-order chi connectivity index (χ0) is 23.0. The molecule has 1 saturated heterocycles. The fourth-order valence-corrected chi connectivity index (χ4v) is 4.60. The lowest BCUT2D eigenvalue weighted by atomic mass is 10.1. The highest BCUT2D eigenvalue weighted by Gasteiger charge is 2.46. The molecular weight excluding hydrogens is 426 g/mol. The molecule has 2 aromatic heterocycles. The Balaban J connectivity index is 1.51. The van der Waals surface area contributed by atoms with Crippen molar-refractivity contribution >= 4 is 40.7 Å². The van der Waals surface area contributed by atoms with Crippen molar-refractivity contribution in [2.45, 2.75) is 33.7 Å². The summed E-state index contributed by atoms with van der Waals surface area (Å²) in [5.74, 6) is -2.32. The number of nitrogens with zero attached hydrogens (tertiary/aromatic N) is 3. The van der Waals surface area contributed by atoms with E-state index in [1.54, 1.807) is 41.7 Å². The summed E-state index contributed by atoms with van der Waals surface area (Å²) in [6.07, 6.45) is 0.852. The van der Waals surface area contributed by atoms with Crippen molar-refractivity contribution in [2.75, 3.05) is 11.4 Å². The molecule has 3 aromatic rings. The van der Waals surface area contributed by atoms with Gasteiger partial charge in [-0.25, -0.2) is 14.6 Å². The summed E-state index contributed by atoms with van der Waals surface area (Å²) in [7, 11) is 0. The number of Topliss-reactive ketones (excluding diaryl/α,β-unsaturated/α-hetero) is 1. The number of thiophene rings is 1. The van der Waals surface area contributed by atoms with Crippen LogP contribution in [-0.4, -0.2) is 39.6 Å². The third-order valence-electron chi connectivity index (χ3n) is 5.68. The summed E-state index contributed by atoms with van der Waals surface area (Å²) in [4.78, 5) is 53.6. The van der Waals surface area contributed by atoms with Crippen LogP contribution in [0, 0.1) is 20.8 Å². The predicted molar refractivity (Wildman–Crippen MR) is 122 cm³/mol. The Morgan fingerprint density at radius 3 is 2.34 bits per heavy atom. The lowest BCUT2D eigenvalue weighted by Gasteiger charge is -2.15. The van der Waals surface area contributed by atoms with Crippen molar-refractivity contribution in [3.05, 3.63) is 75.2 Å². The number of hydrogen-bond acceptors (Lipinski definition) is 5. The molecule has 1 fully saturated rings. The van der Waals surface area contributed by atoms with Crippen molar-refractivity contribution in [1.29, 1.82) is 0 Å². The minimum absolute atomic E-state index is 0.306. The average Bonchev–Trinajstić information content (AvgIpc) is 3.43. The van der Waals surface area contributed by atoms with E-state index in [0.717, 1.165) is 39.7 Å². The van der Waals surface area contributed by atoms with Crippen molar-refractivity contribution in [3.63, 3.8) is 0 Å². The Morgan fingerprint density at radius 1 is 0.969 bits per heavy atom. The molecule has 1 aliphatic rings. The lowest BCUT2D eigenvalue weighted by Crippen LogP contribution is -2.37. The number of benzene rings is 1. The first-order valence-electron chi connectivity index (χ1n) is 10.3. The Labute approximate surface area is 189 Å². The molecule has 32 heavy (non-hydrogen) atoms. The van der Waals surface area contributed by atoms with E-state index in [0.29, 0.717) is 11.3 Å². The van der Waals surface area contributed by atoms with Gasteiger partial charge >= 0.3 is 17.8 Å². The monoisotopic (exact) mass is 449 g/mol. The molecule has 8 heteroatoms. The Hall–Kier alpha value is -3.52. The van der Waals surface area contributed by atoms with Crippen LogP contribution in [0.15, 0.2) is 47.8 Å². The van der Waals surface area contributed by atoms with Crippen LogP contribution in [0.4, 0.5) is 10.5 Å². The minimum Gasteiger partial charge on any atom is -0.348 e. The Morgan fingerprint density at radius 2 is 1.69 bits per heavy atom. The molecule has 0 unspecified atom stereocenters. The summed E-state index contributed by atoms with van der Waals surface area (Å²) >= 11 is 1.69. The maximum Gasteiger partial charge on any atom is 0.339 e. The summed E-state index contributed by atoms with van der Waals surface area (Å²) in [5.41, 5.74) is 3.43. The number of urea groups is 1. The molecule has 4 amide bonds. The van der Waals surface area contributed by atoms with Gasteiger partial charge in [0.25, 0.3) is 0 Å². The molecule has 1 aromatic carbocycles. The third-order valence-corrected chi connectivity index (χ3v) is 6.62. The fraction of sp³-hybridized carbons (Fsp3) is 0.250. The van der Waals surface area contributed by atoms with Crippen LogP contribution in [0.2, 0.25) is 0 Å². The van der Waals surface area contributed by atoms with E-state index in [-0.39, 0.29) is 5.78 Å². The molecule has 0 aliphatic carbocycles. The topological polar surface area (TPSA) is 79.7 Å². The van der Waals surface area contributed by atoms with Gasteiger partial charge in [0.05, 0.1) is 12.2 Å². The Bertz CT molecular complexity index is 1210. The molecule has 0 radical (unpaired) electrons. The van der Waals surface area contributed by atoms with E-state index in [1.165, 1.54) is 4.88 Å². The zero-order valence-corrected chi connectivity index (χ0v) is 18.9. The highest BCUT2D eigenvalue weighted by molar-refractivity contribution is 7.09. The number of amides is 4. The number of rotatable bonds is 7. The van der Waals surface area contributed by atoms with Gasteiger partial charge in [0.15, 0.2) is 5.78 Å². The number of aryl methyl sites for hydroxylation is 3. The molecule has 3 heterocycles. The summed E-state index contributed by atoms with van der Waals surface area (Å²) in [5, 5.41) is 2.03. The van der Waals surface area contributed by atoms with E-state index in [2.05, 4.69) is 10.6 Å². The van der Waals surface area contributed by atoms with Gasteiger partial charge in [-0.15, -0.1) is 11.3 Å². The van der Waals surface area contributed by atoms with E-state index >= 15 is 0 Å². The van der Waals surface area contributed by atoms with E-state index < -0.39 is 24.4 Å². The number of carbonyl (C=O) groups is 4. The van der Waals surface area contributed by atoms with Crippen molar-refractivity contribution in [2.24, 2.45) is 0 Å². The molecule has 0 spiro atoms. The van der Waals surface area contributed by atoms with Crippen molar-refractivity contribution in [3.8, 4) is 0 Å². The second-order valence-electron chi connectivity index (χ2n) is 7.84. The summed E-state index contributed by atoms with van der Waals surface area (Å²) in [6, 6.07) is 11.8. The van der Waals surface area contributed by atoms with Gasteiger partial charge in [0, 0.05) is 28.4 Å². The van der Waals surface area contributed by atoms with E-state index in [1.807, 2.05) is 32.2 Å². The molecule has 4 rings (SSSR count). The molecule has 0 saturated carbocycles. The number of anilines is 1. The molecule has 0 N–H and O–H groups in total. The number of ketones is 1. The first-order chi connectivity index (χ1) is 15.3. The van der Waals surface area contributed by atoms with Gasteiger partial charge in [-0.2, -0.15) is 0 Å². The highest BCUT2D eigenvalue weighted by atomic mass is 32.1. The second-order valence-corrected chi connectivity index (χ2v) is 8.87. The van der Waals surface area contributed by atoms with Crippen LogP contribution < -0.4 is 4.90 Å². The minimum atomic E-state index is -0.990. The van der Waals surface area contributed by atoms with Crippen LogP contribution in [0.5, 0.6) is 0 Å². The first kappa shape index (κ1) is 21.7. The first-order valence-corrected chi connectivity index (χ1v) is 11.1. The third kappa shape index (κ3) is 3.89. The summed E-state index contributed by atoms with van der Waals surface area (Å²) < 4.78 is 2.06. The van der Waals surface area contributed by atoms with E-state index in [4.69, 9.17) is 0 Å². The van der Waals surface area contributed by atoms with Gasteiger partial charge in [-0.3, -0.25) is 14.4 Å². The quantitative estimate of drug-likeness (QED) is 0.311. The van der Waals surface area contributed by atoms with E-state index in [9.17, 15) is 19.2 Å². The molecule has 0 atom stereocenters. The van der Waals surface area contributed by atoms with Gasteiger partial charge in [0.2, 0.25) is 0 Å². The zero-order valence-electron chi connectivity index (χ0n) is 18.1. The molecule has 164 valence electrons. The standard InChI is InChI=1S/C24H23N3O4S/c1-15-6-8-18(9-7-15)27-23(30)22(29)26(24(27)31)14-21(28)20-13-16(2)25(17(20)3)11-10-19-5-4-12-32-19/h4-9,12-13H,10-11,14H2,1-3H3. The Kier molecular flexibility index (Phi) is 5.80. The second kappa shape index (κ2) is 8.55.